The first kappa shape index (κ1) is 20.1. The zero-order valence-corrected chi connectivity index (χ0v) is 17.1. The van der Waals surface area contributed by atoms with Gasteiger partial charge in [-0.3, -0.25) is 9.59 Å². The molecule has 1 N–H and O–H groups in total. The van der Waals surface area contributed by atoms with Crippen molar-refractivity contribution in [1.82, 2.24) is 9.55 Å². The lowest BCUT2D eigenvalue weighted by Crippen LogP contribution is -2.28. The number of fused-ring (bicyclic) bond motifs is 1. The molecule has 3 aromatic rings. The molecule has 0 aliphatic rings. The van der Waals surface area contributed by atoms with E-state index in [0.29, 0.717) is 28.7 Å². The lowest BCUT2D eigenvalue weighted by Gasteiger charge is -2.14. The van der Waals surface area contributed by atoms with Crippen LogP contribution in [0.15, 0.2) is 47.3 Å². The van der Waals surface area contributed by atoms with Gasteiger partial charge in [-0.25, -0.2) is 4.98 Å². The molecule has 146 valence electrons. The summed E-state index contributed by atoms with van der Waals surface area (Å²) in [5, 5.41) is 3.42. The third kappa shape index (κ3) is 4.78. The van der Waals surface area contributed by atoms with Crippen molar-refractivity contribution in [3.8, 4) is 0 Å². The highest BCUT2D eigenvalue weighted by atomic mass is 35.5. The quantitative estimate of drug-likeness (QED) is 0.661. The van der Waals surface area contributed by atoms with Gasteiger partial charge in [0.25, 0.3) is 5.56 Å². The van der Waals surface area contributed by atoms with Crippen LogP contribution in [0.1, 0.15) is 31.5 Å². The molecule has 0 fully saturated rings. The Bertz CT molecular complexity index is 1060. The van der Waals surface area contributed by atoms with Crippen LogP contribution in [0.5, 0.6) is 0 Å². The molecule has 0 radical (unpaired) electrons. The Labute approximate surface area is 169 Å². The molecule has 0 spiro atoms. The van der Waals surface area contributed by atoms with E-state index in [-0.39, 0.29) is 24.3 Å². The number of aromatic nitrogens is 2. The summed E-state index contributed by atoms with van der Waals surface area (Å²) in [6, 6.07) is 12.9. The number of rotatable bonds is 6. The van der Waals surface area contributed by atoms with Crippen molar-refractivity contribution in [3.63, 3.8) is 0 Å². The molecule has 0 atom stereocenters. The molecule has 5 nitrogen and oxygen atoms in total. The number of anilines is 1. The van der Waals surface area contributed by atoms with E-state index in [2.05, 4.69) is 24.1 Å². The van der Waals surface area contributed by atoms with Gasteiger partial charge in [0.1, 0.15) is 5.69 Å². The zero-order chi connectivity index (χ0) is 20.3. The number of aryl methyl sites for hydroxylation is 2. The molecule has 1 heterocycles. The normalized spacial score (nSPS) is 11.2. The number of nitrogens with one attached hydrogen (secondary N) is 1. The van der Waals surface area contributed by atoms with E-state index >= 15 is 0 Å². The number of amides is 1. The molecule has 0 unspecified atom stereocenters. The van der Waals surface area contributed by atoms with Crippen molar-refractivity contribution in [1.29, 1.82) is 0 Å². The van der Waals surface area contributed by atoms with E-state index in [1.54, 1.807) is 16.7 Å². The van der Waals surface area contributed by atoms with Crippen LogP contribution in [0, 0.1) is 12.8 Å². The third-order valence-corrected chi connectivity index (χ3v) is 4.68. The van der Waals surface area contributed by atoms with Crippen LogP contribution in [0.4, 0.5) is 5.69 Å². The first-order valence-corrected chi connectivity index (χ1v) is 9.77. The van der Waals surface area contributed by atoms with Gasteiger partial charge in [-0.1, -0.05) is 43.1 Å². The summed E-state index contributed by atoms with van der Waals surface area (Å²) in [6.45, 7) is 6.69. The smallest absolute Gasteiger partial charge is 0.272 e. The first-order valence-electron chi connectivity index (χ1n) is 9.39. The largest absolute Gasteiger partial charge is 0.326 e. The van der Waals surface area contributed by atoms with Crippen molar-refractivity contribution in [2.75, 3.05) is 5.32 Å². The molecule has 0 saturated heterocycles. The van der Waals surface area contributed by atoms with Gasteiger partial charge >= 0.3 is 0 Å². The Morgan fingerprint density at radius 1 is 1.18 bits per heavy atom. The van der Waals surface area contributed by atoms with Gasteiger partial charge < -0.3 is 9.88 Å². The number of hydrogen-bond donors (Lipinski definition) is 1. The number of benzene rings is 2. The topological polar surface area (TPSA) is 64.0 Å². The van der Waals surface area contributed by atoms with Crippen LogP contribution in [0.3, 0.4) is 0 Å². The van der Waals surface area contributed by atoms with Gasteiger partial charge in [0.15, 0.2) is 0 Å². The van der Waals surface area contributed by atoms with Crippen LogP contribution >= 0.6 is 11.6 Å². The molecule has 28 heavy (non-hydrogen) atoms. The second kappa shape index (κ2) is 8.57. The summed E-state index contributed by atoms with van der Waals surface area (Å²) in [5.41, 5.74) is 3.53. The predicted octanol–water partition coefficient (Wildman–Crippen LogP) is 4.59. The lowest BCUT2D eigenvalue weighted by atomic mass is 10.1. The van der Waals surface area contributed by atoms with Gasteiger partial charge in [-0.2, -0.15) is 0 Å². The first-order chi connectivity index (χ1) is 13.3. The third-order valence-electron chi connectivity index (χ3n) is 4.45. The fraction of sp³-hybridized carbons (Fsp3) is 0.318. The van der Waals surface area contributed by atoms with Crippen LogP contribution in [-0.2, 0) is 17.8 Å². The van der Waals surface area contributed by atoms with Crippen molar-refractivity contribution in [2.24, 2.45) is 5.92 Å². The summed E-state index contributed by atoms with van der Waals surface area (Å²) in [7, 11) is 0. The molecule has 0 aliphatic carbocycles. The molecule has 1 aromatic heterocycles. The Morgan fingerprint density at radius 2 is 1.89 bits per heavy atom. The minimum Gasteiger partial charge on any atom is -0.326 e. The minimum absolute atomic E-state index is 0.147. The summed E-state index contributed by atoms with van der Waals surface area (Å²) >= 11 is 6.11. The number of carbonyl (C=O) groups is 1. The molecular weight excluding hydrogens is 374 g/mol. The summed E-state index contributed by atoms with van der Waals surface area (Å²) in [4.78, 5) is 29.7. The minimum atomic E-state index is -0.147. The van der Waals surface area contributed by atoms with Crippen LogP contribution < -0.4 is 10.9 Å². The highest BCUT2D eigenvalue weighted by Gasteiger charge is 2.14. The highest BCUT2D eigenvalue weighted by molar-refractivity contribution is 6.31. The maximum atomic E-state index is 12.9. The van der Waals surface area contributed by atoms with E-state index in [4.69, 9.17) is 11.6 Å². The molecule has 0 aliphatic heterocycles. The molecule has 2 aromatic carbocycles. The average Bonchev–Trinajstić information content (AvgIpc) is 2.64. The summed E-state index contributed by atoms with van der Waals surface area (Å²) in [6.07, 6.45) is 0.459. The van der Waals surface area contributed by atoms with Crippen molar-refractivity contribution < 1.29 is 4.79 Å². The van der Waals surface area contributed by atoms with E-state index in [0.717, 1.165) is 16.8 Å². The lowest BCUT2D eigenvalue weighted by molar-refractivity contribution is -0.116. The van der Waals surface area contributed by atoms with Crippen LogP contribution in [0.2, 0.25) is 5.02 Å². The fourth-order valence-corrected chi connectivity index (χ4v) is 3.24. The molecule has 6 heteroatoms. The van der Waals surface area contributed by atoms with E-state index in [9.17, 15) is 9.59 Å². The monoisotopic (exact) mass is 397 g/mol. The SMILES string of the molecule is Cc1ccc(NC(=O)CCc2nc3cc(Cl)ccc3n(CC(C)C)c2=O)cc1. The highest BCUT2D eigenvalue weighted by Crippen LogP contribution is 2.18. The summed E-state index contributed by atoms with van der Waals surface area (Å²) < 4.78 is 1.73. The fourth-order valence-electron chi connectivity index (χ4n) is 3.07. The maximum Gasteiger partial charge on any atom is 0.272 e. The second-order valence-electron chi connectivity index (χ2n) is 7.42. The zero-order valence-electron chi connectivity index (χ0n) is 16.3. The van der Waals surface area contributed by atoms with Gasteiger partial charge in [-0.05, 0) is 43.2 Å². The van der Waals surface area contributed by atoms with Crippen molar-refractivity contribution in [3.05, 3.63) is 69.1 Å². The van der Waals surface area contributed by atoms with Gasteiger partial charge in [0.05, 0.1) is 11.0 Å². The van der Waals surface area contributed by atoms with E-state index < -0.39 is 0 Å². The Kier molecular flexibility index (Phi) is 6.15. The summed E-state index contributed by atoms with van der Waals surface area (Å²) in [5.74, 6) is 0.156. The Balaban J connectivity index is 1.83. The Morgan fingerprint density at radius 3 is 2.57 bits per heavy atom. The predicted molar refractivity (Wildman–Crippen MR) is 114 cm³/mol. The number of carbonyl (C=O) groups excluding carboxylic acids is 1. The van der Waals surface area contributed by atoms with Crippen LogP contribution in [-0.4, -0.2) is 15.5 Å². The average molecular weight is 398 g/mol. The van der Waals surface area contributed by atoms with Gasteiger partial charge in [-0.15, -0.1) is 0 Å². The number of nitrogens with zero attached hydrogens (tertiary/aromatic N) is 2. The number of hydrogen-bond acceptors (Lipinski definition) is 3. The van der Waals surface area contributed by atoms with E-state index in [1.807, 2.05) is 37.3 Å². The molecular formula is C22H24ClN3O2. The van der Waals surface area contributed by atoms with Crippen molar-refractivity contribution in [2.45, 2.75) is 40.2 Å². The maximum absolute atomic E-state index is 12.9. The van der Waals surface area contributed by atoms with Crippen molar-refractivity contribution >= 4 is 34.2 Å². The molecule has 0 bridgehead atoms. The standard InChI is InChI=1S/C22H24ClN3O2/c1-14(2)13-26-20-10-6-16(23)12-19(20)25-18(22(26)28)9-11-21(27)24-17-7-4-15(3)5-8-17/h4-8,10,12,14H,9,11,13H2,1-3H3,(H,24,27). The van der Waals surface area contributed by atoms with Gasteiger partial charge in [0.2, 0.25) is 5.91 Å². The van der Waals surface area contributed by atoms with E-state index in [1.165, 1.54) is 0 Å². The molecule has 3 rings (SSSR count). The van der Waals surface area contributed by atoms with Gasteiger partial charge in [0, 0.05) is 30.1 Å². The Hall–Kier alpha value is -2.66. The molecule has 1 amide bonds. The second-order valence-corrected chi connectivity index (χ2v) is 7.85. The van der Waals surface area contributed by atoms with Crippen LogP contribution in [0.25, 0.3) is 11.0 Å². The number of halogens is 1. The molecule has 0 saturated carbocycles.